The Hall–Kier alpha value is -1.51. The zero-order valence-corrected chi connectivity index (χ0v) is 8.60. The lowest BCUT2D eigenvalue weighted by molar-refractivity contribution is -0.138. The van der Waals surface area contributed by atoms with E-state index in [2.05, 4.69) is 0 Å². The summed E-state index contributed by atoms with van der Waals surface area (Å²) in [5.41, 5.74) is 4.30. The topological polar surface area (TPSA) is 104 Å². The number of carboxylic acid groups (broad SMARTS) is 1. The van der Waals surface area contributed by atoms with Gasteiger partial charge in [-0.15, -0.1) is 0 Å². The number of rotatable bonds is 4. The number of benzene rings is 1. The zero-order valence-electron chi connectivity index (χ0n) is 8.60. The molecule has 1 atom stereocenters. The Morgan fingerprint density at radius 1 is 1.35 bits per heavy atom. The molecule has 0 radical (unpaired) electrons. The number of carboxylic acids is 1. The van der Waals surface area contributed by atoms with Crippen LogP contribution in [0.5, 0.6) is 0 Å². The molecular weight excluding hydrogens is 234 g/mol. The highest BCUT2D eigenvalue weighted by atomic mass is 19.1. The molecule has 0 unspecified atom stereocenters. The average molecular weight is 244 g/mol. The van der Waals surface area contributed by atoms with Crippen LogP contribution in [0.4, 0.5) is 8.78 Å². The molecule has 0 aliphatic rings. The van der Waals surface area contributed by atoms with Crippen LogP contribution in [-0.2, 0) is 11.2 Å². The smallest absolute Gasteiger partial charge is 0.480 e. The molecule has 0 spiro atoms. The van der Waals surface area contributed by atoms with Gasteiger partial charge in [0.25, 0.3) is 0 Å². The largest absolute Gasteiger partial charge is 0.488 e. The summed E-state index contributed by atoms with van der Waals surface area (Å²) in [7, 11) is -2.00. The minimum Gasteiger partial charge on any atom is -0.480 e. The lowest BCUT2D eigenvalue weighted by Crippen LogP contribution is -2.34. The van der Waals surface area contributed by atoms with Gasteiger partial charge in [0.05, 0.1) is 0 Å². The predicted molar refractivity (Wildman–Crippen MR) is 55.5 cm³/mol. The Morgan fingerprint density at radius 3 is 2.18 bits per heavy atom. The Bertz CT molecular complexity index is 418. The first-order valence-electron chi connectivity index (χ1n) is 4.65. The van der Waals surface area contributed by atoms with E-state index in [1.54, 1.807) is 0 Å². The van der Waals surface area contributed by atoms with E-state index < -0.39 is 42.7 Å². The summed E-state index contributed by atoms with van der Waals surface area (Å²) in [6.45, 7) is 0. The van der Waals surface area contributed by atoms with Crippen molar-refractivity contribution in [1.29, 1.82) is 0 Å². The van der Waals surface area contributed by atoms with Crippen LogP contribution in [0, 0.1) is 11.6 Å². The first-order chi connectivity index (χ1) is 7.82. The number of carbonyl (C=O) groups is 1. The molecule has 0 aromatic heterocycles. The third-order valence-corrected chi connectivity index (χ3v) is 2.20. The first-order valence-corrected chi connectivity index (χ1v) is 4.65. The molecule has 92 valence electrons. The SMILES string of the molecule is N[C@@H](Cc1c(F)cc([10B](O)O)cc1F)C(=O)O. The first kappa shape index (κ1) is 13.6. The Labute approximate surface area is 95.6 Å². The van der Waals surface area contributed by atoms with Crippen LogP contribution in [0.2, 0.25) is 0 Å². The predicted octanol–water partition coefficient (Wildman–Crippen LogP) is -1.40. The van der Waals surface area contributed by atoms with Gasteiger partial charge in [0, 0.05) is 12.0 Å². The third kappa shape index (κ3) is 3.22. The summed E-state index contributed by atoms with van der Waals surface area (Å²) in [6.07, 6.45) is -0.519. The monoisotopic (exact) mass is 244 g/mol. The molecule has 0 aliphatic carbocycles. The van der Waals surface area contributed by atoms with Crippen LogP contribution in [0.3, 0.4) is 0 Å². The van der Waals surface area contributed by atoms with E-state index in [0.29, 0.717) is 0 Å². The van der Waals surface area contributed by atoms with E-state index in [4.69, 9.17) is 20.9 Å². The van der Waals surface area contributed by atoms with Crippen molar-refractivity contribution in [2.45, 2.75) is 12.5 Å². The van der Waals surface area contributed by atoms with E-state index in [1.807, 2.05) is 0 Å². The van der Waals surface area contributed by atoms with Crippen LogP contribution >= 0.6 is 0 Å². The molecule has 0 bridgehead atoms. The number of hydrogen-bond donors (Lipinski definition) is 4. The minimum absolute atomic E-state index is 0.354. The van der Waals surface area contributed by atoms with Crippen molar-refractivity contribution in [3.8, 4) is 0 Å². The molecule has 0 saturated carbocycles. The van der Waals surface area contributed by atoms with Crippen molar-refractivity contribution in [2.24, 2.45) is 5.73 Å². The lowest BCUT2D eigenvalue weighted by atomic mass is 9.26. The van der Waals surface area contributed by atoms with Gasteiger partial charge in [0.1, 0.15) is 17.7 Å². The maximum absolute atomic E-state index is 13.4. The van der Waals surface area contributed by atoms with Crippen LogP contribution in [0.15, 0.2) is 12.1 Å². The maximum Gasteiger partial charge on any atom is 0.488 e. The molecule has 1 aromatic carbocycles. The van der Waals surface area contributed by atoms with E-state index in [-0.39, 0.29) is 5.46 Å². The summed E-state index contributed by atoms with van der Waals surface area (Å²) < 4.78 is 26.8. The average Bonchev–Trinajstić information content (AvgIpc) is 2.22. The van der Waals surface area contributed by atoms with Gasteiger partial charge in [-0.25, -0.2) is 8.78 Å². The molecule has 0 amide bonds. The van der Waals surface area contributed by atoms with E-state index >= 15 is 0 Å². The fourth-order valence-electron chi connectivity index (χ4n) is 1.27. The van der Waals surface area contributed by atoms with Crippen LogP contribution in [0.1, 0.15) is 5.56 Å². The maximum atomic E-state index is 13.4. The summed E-state index contributed by atoms with van der Waals surface area (Å²) in [6, 6.07) is 0.0128. The fourth-order valence-corrected chi connectivity index (χ4v) is 1.27. The molecule has 1 rings (SSSR count). The molecular formula is C9H10BF2NO4. The van der Waals surface area contributed by atoms with Crippen molar-refractivity contribution in [2.75, 3.05) is 0 Å². The summed E-state index contributed by atoms with van der Waals surface area (Å²) >= 11 is 0. The van der Waals surface area contributed by atoms with Crippen LogP contribution in [0.25, 0.3) is 0 Å². The highest BCUT2D eigenvalue weighted by Gasteiger charge is 2.21. The van der Waals surface area contributed by atoms with E-state index in [0.717, 1.165) is 12.1 Å². The van der Waals surface area contributed by atoms with Crippen LogP contribution < -0.4 is 11.2 Å². The quantitative estimate of drug-likeness (QED) is 0.488. The second-order valence-corrected chi connectivity index (χ2v) is 3.49. The highest BCUT2D eigenvalue weighted by molar-refractivity contribution is 6.58. The zero-order chi connectivity index (χ0) is 13.2. The number of nitrogens with two attached hydrogens (primary N) is 1. The van der Waals surface area contributed by atoms with Gasteiger partial charge in [0.2, 0.25) is 0 Å². The van der Waals surface area contributed by atoms with Gasteiger partial charge in [-0.05, 0) is 17.6 Å². The van der Waals surface area contributed by atoms with Gasteiger partial charge in [-0.1, -0.05) is 0 Å². The van der Waals surface area contributed by atoms with E-state index in [9.17, 15) is 13.6 Å². The van der Waals surface area contributed by atoms with Gasteiger partial charge < -0.3 is 20.9 Å². The van der Waals surface area contributed by atoms with Gasteiger partial charge in [-0.2, -0.15) is 0 Å². The number of halogens is 2. The summed E-state index contributed by atoms with van der Waals surface area (Å²) in [5.74, 6) is -3.51. The highest BCUT2D eigenvalue weighted by Crippen LogP contribution is 2.13. The van der Waals surface area contributed by atoms with Gasteiger partial charge >= 0.3 is 13.1 Å². The second kappa shape index (κ2) is 5.22. The molecule has 17 heavy (non-hydrogen) atoms. The molecule has 1 aromatic rings. The second-order valence-electron chi connectivity index (χ2n) is 3.49. The third-order valence-electron chi connectivity index (χ3n) is 2.20. The Balaban J connectivity index is 3.06. The number of aliphatic carboxylic acids is 1. The fraction of sp³-hybridized carbons (Fsp3) is 0.222. The van der Waals surface area contributed by atoms with Crippen molar-refractivity contribution in [3.05, 3.63) is 29.3 Å². The molecule has 0 fully saturated rings. The summed E-state index contributed by atoms with van der Waals surface area (Å²) in [5, 5.41) is 26.0. The summed E-state index contributed by atoms with van der Waals surface area (Å²) in [4.78, 5) is 10.5. The minimum atomic E-state index is -2.00. The lowest BCUT2D eigenvalue weighted by Gasteiger charge is -2.10. The molecule has 8 heteroatoms. The Kier molecular flexibility index (Phi) is 4.16. The Morgan fingerprint density at radius 2 is 1.82 bits per heavy atom. The van der Waals surface area contributed by atoms with Crippen molar-refractivity contribution in [1.82, 2.24) is 0 Å². The number of hydrogen-bond acceptors (Lipinski definition) is 4. The standard InChI is InChI=1S/C9H10BF2NO4/c11-6-1-4(10(16)17)2-7(12)5(6)3-8(13)9(14)15/h1-2,8,16-17H,3,13H2,(H,14,15)/t8-/m0/s1/i10-1. The van der Waals surface area contributed by atoms with Crippen molar-refractivity contribution in [3.63, 3.8) is 0 Å². The van der Waals surface area contributed by atoms with Crippen LogP contribution in [-0.4, -0.2) is 34.3 Å². The molecule has 0 saturated heterocycles. The van der Waals surface area contributed by atoms with Crippen molar-refractivity contribution >= 4 is 18.6 Å². The normalized spacial score (nSPS) is 12.3. The molecule has 0 aliphatic heterocycles. The molecule has 5 N–H and O–H groups in total. The van der Waals surface area contributed by atoms with Gasteiger partial charge in [0.15, 0.2) is 0 Å². The molecule has 5 nitrogen and oxygen atoms in total. The molecule has 0 heterocycles. The van der Waals surface area contributed by atoms with Gasteiger partial charge in [-0.3, -0.25) is 4.79 Å². The van der Waals surface area contributed by atoms with E-state index in [1.165, 1.54) is 0 Å². The van der Waals surface area contributed by atoms with Crippen molar-refractivity contribution < 1.29 is 28.7 Å².